The average Bonchev–Trinajstić information content (AvgIpc) is 2.94. The molecule has 0 radical (unpaired) electrons. The molecule has 39 heavy (non-hydrogen) atoms. The summed E-state index contributed by atoms with van der Waals surface area (Å²) in [5, 5.41) is 16.5. The molecule has 0 unspecified atom stereocenters. The minimum absolute atomic E-state index is 0.0138. The van der Waals surface area contributed by atoms with E-state index in [9.17, 15) is 19.7 Å². The van der Waals surface area contributed by atoms with Crippen molar-refractivity contribution in [2.75, 3.05) is 81.6 Å². The number of nitro groups is 1. The monoisotopic (exact) mass is 542 g/mol. The van der Waals surface area contributed by atoms with E-state index in [1.54, 1.807) is 0 Å². The number of ether oxygens (including phenoxy) is 2. The highest BCUT2D eigenvalue weighted by Gasteiger charge is 2.19. The molecule has 1 aliphatic rings. The smallest absolute Gasteiger partial charge is 0.411 e. The summed E-state index contributed by atoms with van der Waals surface area (Å²) in [6, 6.07) is 11.8. The molecular formula is C27H38N6O6. The van der Waals surface area contributed by atoms with E-state index in [2.05, 4.69) is 39.2 Å². The van der Waals surface area contributed by atoms with Gasteiger partial charge in [-0.2, -0.15) is 0 Å². The lowest BCUT2D eigenvalue weighted by molar-refractivity contribution is -0.384. The van der Waals surface area contributed by atoms with Crippen LogP contribution in [0.5, 0.6) is 5.75 Å². The van der Waals surface area contributed by atoms with Gasteiger partial charge in [0.2, 0.25) is 5.91 Å². The van der Waals surface area contributed by atoms with Gasteiger partial charge in [-0.1, -0.05) is 19.9 Å². The molecule has 2 aromatic carbocycles. The van der Waals surface area contributed by atoms with Crippen LogP contribution in [-0.4, -0.2) is 92.8 Å². The van der Waals surface area contributed by atoms with E-state index in [4.69, 9.17) is 9.47 Å². The van der Waals surface area contributed by atoms with Crippen molar-refractivity contribution in [3.63, 3.8) is 0 Å². The molecule has 0 aromatic heterocycles. The normalized spacial score (nSPS) is 13.7. The van der Waals surface area contributed by atoms with E-state index in [0.717, 1.165) is 57.2 Å². The molecule has 212 valence electrons. The van der Waals surface area contributed by atoms with Gasteiger partial charge in [0, 0.05) is 63.1 Å². The van der Waals surface area contributed by atoms with Crippen molar-refractivity contribution in [3.05, 3.63) is 52.6 Å². The number of carbonyl (C=O) groups excluding carboxylic acids is 2. The van der Waals surface area contributed by atoms with Crippen LogP contribution in [0.3, 0.4) is 0 Å². The second-order valence-electron chi connectivity index (χ2n) is 9.11. The fourth-order valence-corrected chi connectivity index (χ4v) is 4.34. The number of methoxy groups -OCH3 is 1. The number of carbonyl (C=O) groups is 2. The molecule has 3 rings (SSSR count). The molecule has 1 saturated heterocycles. The fraction of sp³-hybridized carbons (Fsp3) is 0.481. The number of nitrogens with zero attached hydrogens (tertiary/aromatic N) is 4. The van der Waals surface area contributed by atoms with Crippen LogP contribution >= 0.6 is 0 Å². The van der Waals surface area contributed by atoms with Gasteiger partial charge in [-0.15, -0.1) is 0 Å². The standard InChI is InChI=1S/C27H38N6O6/c1-4-30(5-2)12-11-26(34)28-21-7-6-8-22(19-21)32-15-13-31(14-16-32)17-18-39-27(35)29-24-10-9-23(33(36)37)20-25(24)38-3/h6-10,19-20H,4-5,11-18H2,1-3H3,(H,28,34)(H,29,35). The van der Waals surface area contributed by atoms with Gasteiger partial charge < -0.3 is 24.6 Å². The van der Waals surface area contributed by atoms with Gasteiger partial charge in [-0.25, -0.2) is 4.79 Å². The van der Waals surface area contributed by atoms with E-state index in [1.165, 1.54) is 25.3 Å². The van der Waals surface area contributed by atoms with Crippen LogP contribution in [-0.2, 0) is 9.53 Å². The zero-order valence-electron chi connectivity index (χ0n) is 22.9. The quantitative estimate of drug-likeness (QED) is 0.288. The van der Waals surface area contributed by atoms with E-state index in [1.807, 2.05) is 24.3 Å². The number of rotatable bonds is 13. The number of anilines is 3. The predicted octanol–water partition coefficient (Wildman–Crippen LogP) is 3.64. The van der Waals surface area contributed by atoms with Crippen LogP contribution in [0.1, 0.15) is 20.3 Å². The molecule has 2 N–H and O–H groups in total. The first-order chi connectivity index (χ1) is 18.8. The van der Waals surface area contributed by atoms with Crippen LogP contribution in [0, 0.1) is 10.1 Å². The van der Waals surface area contributed by atoms with Crippen LogP contribution < -0.4 is 20.3 Å². The Morgan fingerprint density at radius 2 is 1.79 bits per heavy atom. The van der Waals surface area contributed by atoms with Gasteiger partial charge in [-0.05, 0) is 37.4 Å². The number of nitrogens with one attached hydrogen (secondary N) is 2. The second-order valence-corrected chi connectivity index (χ2v) is 9.11. The summed E-state index contributed by atoms with van der Waals surface area (Å²) >= 11 is 0. The number of benzene rings is 2. The van der Waals surface area contributed by atoms with Crippen molar-refractivity contribution in [1.82, 2.24) is 9.80 Å². The molecule has 1 aliphatic heterocycles. The minimum atomic E-state index is -0.656. The largest absolute Gasteiger partial charge is 0.494 e. The number of nitro benzene ring substituents is 1. The molecule has 0 bridgehead atoms. The predicted molar refractivity (Wildman–Crippen MR) is 151 cm³/mol. The summed E-state index contributed by atoms with van der Waals surface area (Å²) in [5.41, 5.74) is 2.02. The maximum atomic E-state index is 12.4. The van der Waals surface area contributed by atoms with Crippen LogP contribution in [0.4, 0.5) is 27.5 Å². The van der Waals surface area contributed by atoms with Crippen molar-refractivity contribution in [3.8, 4) is 5.75 Å². The van der Waals surface area contributed by atoms with Crippen molar-refractivity contribution in [2.24, 2.45) is 0 Å². The number of non-ortho nitro benzene ring substituents is 1. The lowest BCUT2D eigenvalue weighted by Gasteiger charge is -2.36. The van der Waals surface area contributed by atoms with Gasteiger partial charge in [0.1, 0.15) is 12.4 Å². The summed E-state index contributed by atoms with van der Waals surface area (Å²) in [7, 11) is 1.37. The lowest BCUT2D eigenvalue weighted by atomic mass is 10.2. The minimum Gasteiger partial charge on any atom is -0.494 e. The van der Waals surface area contributed by atoms with Crippen LogP contribution in [0.25, 0.3) is 0 Å². The van der Waals surface area contributed by atoms with Crippen LogP contribution in [0.2, 0.25) is 0 Å². The Bertz CT molecular complexity index is 1120. The van der Waals surface area contributed by atoms with Gasteiger partial charge in [0.25, 0.3) is 5.69 Å². The Kier molecular flexibility index (Phi) is 11.3. The summed E-state index contributed by atoms with van der Waals surface area (Å²) in [5.74, 6) is 0.195. The Balaban J connectivity index is 1.40. The molecule has 1 heterocycles. The van der Waals surface area contributed by atoms with Crippen molar-refractivity contribution < 1.29 is 24.0 Å². The number of hydrogen-bond donors (Lipinski definition) is 2. The van der Waals surface area contributed by atoms with E-state index >= 15 is 0 Å². The maximum Gasteiger partial charge on any atom is 0.411 e. The van der Waals surface area contributed by atoms with Gasteiger partial charge in [0.15, 0.2) is 0 Å². The molecule has 0 spiro atoms. The van der Waals surface area contributed by atoms with Crippen LogP contribution in [0.15, 0.2) is 42.5 Å². The van der Waals surface area contributed by atoms with Crippen molar-refractivity contribution in [1.29, 1.82) is 0 Å². The lowest BCUT2D eigenvalue weighted by Crippen LogP contribution is -2.47. The molecule has 12 nitrogen and oxygen atoms in total. The molecule has 0 atom stereocenters. The van der Waals surface area contributed by atoms with Crippen molar-refractivity contribution in [2.45, 2.75) is 20.3 Å². The molecule has 0 aliphatic carbocycles. The van der Waals surface area contributed by atoms with Gasteiger partial charge >= 0.3 is 6.09 Å². The number of amides is 2. The van der Waals surface area contributed by atoms with E-state index < -0.39 is 11.0 Å². The topological polar surface area (TPSA) is 130 Å². The molecule has 2 aromatic rings. The first-order valence-electron chi connectivity index (χ1n) is 13.2. The van der Waals surface area contributed by atoms with E-state index in [-0.39, 0.29) is 24.0 Å². The molecule has 2 amide bonds. The fourth-order valence-electron chi connectivity index (χ4n) is 4.34. The first-order valence-corrected chi connectivity index (χ1v) is 13.2. The Hall–Kier alpha value is -3.90. The third kappa shape index (κ3) is 9.11. The van der Waals surface area contributed by atoms with Gasteiger partial charge in [-0.3, -0.25) is 25.1 Å². The maximum absolute atomic E-state index is 12.4. The molecule has 0 saturated carbocycles. The highest BCUT2D eigenvalue weighted by atomic mass is 16.6. The molecule has 12 heteroatoms. The summed E-state index contributed by atoms with van der Waals surface area (Å²) in [6.45, 7) is 10.8. The Morgan fingerprint density at radius 1 is 1.05 bits per heavy atom. The number of hydrogen-bond acceptors (Lipinski definition) is 9. The highest BCUT2D eigenvalue weighted by molar-refractivity contribution is 5.91. The first kappa shape index (κ1) is 29.7. The second kappa shape index (κ2) is 14.9. The Morgan fingerprint density at radius 3 is 2.46 bits per heavy atom. The van der Waals surface area contributed by atoms with E-state index in [0.29, 0.717) is 18.7 Å². The zero-order valence-corrected chi connectivity index (χ0v) is 22.9. The summed E-state index contributed by atoms with van der Waals surface area (Å²) in [4.78, 5) is 41.7. The zero-order chi connectivity index (χ0) is 28.2. The third-order valence-corrected chi connectivity index (χ3v) is 6.69. The molecular weight excluding hydrogens is 504 g/mol. The van der Waals surface area contributed by atoms with Gasteiger partial charge in [0.05, 0.1) is 23.8 Å². The highest BCUT2D eigenvalue weighted by Crippen LogP contribution is 2.29. The Labute approximate surface area is 229 Å². The summed E-state index contributed by atoms with van der Waals surface area (Å²) < 4.78 is 10.4. The SMILES string of the molecule is CCN(CC)CCC(=O)Nc1cccc(N2CCN(CCOC(=O)Nc3ccc([N+](=O)[O-])cc3OC)CC2)c1. The molecule has 1 fully saturated rings. The number of piperazine rings is 1. The third-order valence-electron chi connectivity index (χ3n) is 6.69. The van der Waals surface area contributed by atoms with Crippen molar-refractivity contribution >= 4 is 34.7 Å². The average molecular weight is 543 g/mol. The summed E-state index contributed by atoms with van der Waals surface area (Å²) in [6.07, 6.45) is -0.191.